The van der Waals surface area contributed by atoms with E-state index in [1.807, 2.05) is 31.2 Å². The predicted octanol–water partition coefficient (Wildman–Crippen LogP) is 0.261. The summed E-state index contributed by atoms with van der Waals surface area (Å²) >= 11 is 0. The van der Waals surface area contributed by atoms with Gasteiger partial charge in [-0.05, 0) is 35.4 Å². The van der Waals surface area contributed by atoms with E-state index < -0.39 is 10.0 Å². The third kappa shape index (κ3) is 5.22. The van der Waals surface area contributed by atoms with Crippen LogP contribution in [0.25, 0.3) is 10.8 Å². The van der Waals surface area contributed by atoms with Crippen molar-refractivity contribution in [2.45, 2.75) is 11.8 Å². The van der Waals surface area contributed by atoms with E-state index in [0.29, 0.717) is 31.7 Å². The van der Waals surface area contributed by atoms with Gasteiger partial charge in [-0.1, -0.05) is 59.8 Å². The van der Waals surface area contributed by atoms with E-state index in [1.165, 1.54) is 16.6 Å². The Morgan fingerprint density at radius 1 is 1.09 bits per heavy atom. The van der Waals surface area contributed by atoms with Crippen LogP contribution in [0.4, 0.5) is 0 Å². The van der Waals surface area contributed by atoms with E-state index in [0.717, 1.165) is 21.2 Å². The average molecular weight is 467 g/mol. The molecule has 0 aliphatic carbocycles. The summed E-state index contributed by atoms with van der Waals surface area (Å²) in [6.07, 6.45) is 1.38. The third-order valence-electron chi connectivity index (χ3n) is 5.81. The first-order valence-corrected chi connectivity index (χ1v) is 12.2. The smallest absolute Gasteiger partial charge is 0.295 e. The van der Waals surface area contributed by atoms with Gasteiger partial charge in [0.15, 0.2) is 6.54 Å². The van der Waals surface area contributed by atoms with Gasteiger partial charge in [0.1, 0.15) is 0 Å². The fourth-order valence-electron chi connectivity index (χ4n) is 3.92. The molecule has 4 rings (SSSR count). The molecule has 8 nitrogen and oxygen atoms in total. The minimum absolute atomic E-state index is 0.164. The first-order chi connectivity index (χ1) is 15.8. The molecule has 1 amide bonds. The number of hydrogen-bond acceptors (Lipinski definition) is 5. The number of nitrogens with one attached hydrogen (secondary N) is 2. The zero-order valence-electron chi connectivity index (χ0n) is 18.3. The molecule has 0 saturated carbocycles. The SMILES string of the molecule is Cc1ccc(S(=O)(=O)N2CC[NH+](CC(=O)NN=Cc3c([O-])ccc4ccccc34)CC2)cc1. The van der Waals surface area contributed by atoms with Gasteiger partial charge in [0.25, 0.3) is 5.91 Å². The van der Waals surface area contributed by atoms with Crippen molar-refractivity contribution in [2.24, 2.45) is 5.10 Å². The van der Waals surface area contributed by atoms with Crippen molar-refractivity contribution < 1.29 is 23.2 Å². The number of piperazine rings is 1. The number of sulfonamides is 1. The molecule has 1 saturated heterocycles. The van der Waals surface area contributed by atoms with Crippen LogP contribution in [0, 0.1) is 6.92 Å². The summed E-state index contributed by atoms with van der Waals surface area (Å²) in [5.41, 5.74) is 3.91. The molecule has 0 bridgehead atoms. The number of carbonyl (C=O) groups excluding carboxylic acids is 1. The van der Waals surface area contributed by atoms with Crippen LogP contribution >= 0.6 is 0 Å². The van der Waals surface area contributed by atoms with E-state index in [-0.39, 0.29) is 23.1 Å². The number of fused-ring (bicyclic) bond motifs is 1. The highest BCUT2D eigenvalue weighted by atomic mass is 32.2. The maximum atomic E-state index is 12.8. The summed E-state index contributed by atoms with van der Waals surface area (Å²) in [6.45, 7) is 3.83. The largest absolute Gasteiger partial charge is 0.872 e. The van der Waals surface area contributed by atoms with Crippen LogP contribution in [0.1, 0.15) is 11.1 Å². The summed E-state index contributed by atoms with van der Waals surface area (Å²) in [6, 6.07) is 17.6. The number of aryl methyl sites for hydroxylation is 1. The van der Waals surface area contributed by atoms with E-state index in [2.05, 4.69) is 10.5 Å². The standard InChI is InChI=1S/C24H26N4O4S/c1-18-6-9-20(10-7-18)33(31,32)28-14-12-27(13-15-28)17-24(30)26-25-16-22-21-5-3-2-4-19(21)8-11-23(22)29/h2-11,16,29H,12-15,17H2,1H3,(H,26,30). The van der Waals surface area contributed by atoms with Gasteiger partial charge in [-0.15, -0.1) is 0 Å². The number of quaternary nitrogens is 1. The average Bonchev–Trinajstić information content (AvgIpc) is 2.81. The minimum Gasteiger partial charge on any atom is -0.872 e. The molecule has 1 aliphatic heterocycles. The van der Waals surface area contributed by atoms with Gasteiger partial charge >= 0.3 is 0 Å². The van der Waals surface area contributed by atoms with Crippen molar-refractivity contribution in [2.75, 3.05) is 32.7 Å². The number of nitrogens with zero attached hydrogens (tertiary/aromatic N) is 2. The third-order valence-corrected chi connectivity index (χ3v) is 7.73. The number of hydrogen-bond donors (Lipinski definition) is 2. The highest BCUT2D eigenvalue weighted by Gasteiger charge is 2.31. The Hall–Kier alpha value is -3.27. The summed E-state index contributed by atoms with van der Waals surface area (Å²) in [5, 5.41) is 17.9. The van der Waals surface area contributed by atoms with Gasteiger partial charge < -0.3 is 10.0 Å². The Morgan fingerprint density at radius 2 is 1.79 bits per heavy atom. The molecule has 1 fully saturated rings. The number of hydrazone groups is 1. The van der Waals surface area contributed by atoms with Gasteiger partial charge in [0.2, 0.25) is 10.0 Å². The second kappa shape index (κ2) is 9.70. The maximum Gasteiger partial charge on any atom is 0.295 e. The number of rotatable bonds is 6. The van der Waals surface area contributed by atoms with Crippen LogP contribution in [0.3, 0.4) is 0 Å². The van der Waals surface area contributed by atoms with Crippen molar-refractivity contribution in [1.82, 2.24) is 9.73 Å². The Kier molecular flexibility index (Phi) is 6.73. The van der Waals surface area contributed by atoms with Crippen LogP contribution < -0.4 is 15.4 Å². The van der Waals surface area contributed by atoms with E-state index >= 15 is 0 Å². The molecule has 1 aliphatic rings. The number of carbonyl (C=O) groups is 1. The lowest BCUT2D eigenvalue weighted by Crippen LogP contribution is -3.15. The molecule has 0 aromatic heterocycles. The lowest BCUT2D eigenvalue weighted by molar-refractivity contribution is -0.895. The summed E-state index contributed by atoms with van der Waals surface area (Å²) < 4.78 is 27.1. The summed E-state index contributed by atoms with van der Waals surface area (Å²) in [5.74, 6) is -0.452. The van der Waals surface area contributed by atoms with Crippen LogP contribution in [-0.4, -0.2) is 57.6 Å². The summed E-state index contributed by atoms with van der Waals surface area (Å²) in [4.78, 5) is 13.6. The van der Waals surface area contributed by atoms with Gasteiger partial charge in [-0.2, -0.15) is 9.41 Å². The quantitative estimate of drug-likeness (QED) is 0.402. The second-order valence-electron chi connectivity index (χ2n) is 8.14. The molecule has 2 N–H and O–H groups in total. The lowest BCUT2D eigenvalue weighted by Gasteiger charge is -2.31. The fraction of sp³-hybridized carbons (Fsp3) is 0.250. The molecular weight excluding hydrogens is 440 g/mol. The normalized spacial score (nSPS) is 15.8. The fourth-order valence-corrected chi connectivity index (χ4v) is 5.36. The molecule has 33 heavy (non-hydrogen) atoms. The van der Waals surface area contributed by atoms with Crippen molar-refractivity contribution in [3.05, 3.63) is 71.8 Å². The molecule has 3 aromatic rings. The maximum absolute atomic E-state index is 12.8. The lowest BCUT2D eigenvalue weighted by atomic mass is 10.0. The molecule has 172 valence electrons. The molecule has 0 radical (unpaired) electrons. The molecule has 1 heterocycles. The van der Waals surface area contributed by atoms with E-state index in [4.69, 9.17) is 0 Å². The predicted molar refractivity (Wildman–Crippen MR) is 125 cm³/mol. The minimum atomic E-state index is -3.53. The van der Waals surface area contributed by atoms with Crippen LogP contribution in [0.2, 0.25) is 0 Å². The Morgan fingerprint density at radius 3 is 2.52 bits per heavy atom. The van der Waals surface area contributed by atoms with Gasteiger partial charge in [-0.3, -0.25) is 4.79 Å². The Labute approximate surface area is 193 Å². The highest BCUT2D eigenvalue weighted by molar-refractivity contribution is 7.89. The Bertz CT molecular complexity index is 1280. The van der Waals surface area contributed by atoms with Crippen molar-refractivity contribution in [3.8, 4) is 5.75 Å². The molecule has 0 spiro atoms. The molecule has 3 aromatic carbocycles. The van der Waals surface area contributed by atoms with Gasteiger partial charge in [0.05, 0.1) is 37.3 Å². The molecule has 9 heteroatoms. The molecule has 0 unspecified atom stereocenters. The van der Waals surface area contributed by atoms with Crippen LogP contribution in [0.15, 0.2) is 70.7 Å². The second-order valence-corrected chi connectivity index (χ2v) is 10.1. The topological polar surface area (TPSA) is 106 Å². The monoisotopic (exact) mass is 466 g/mol. The van der Waals surface area contributed by atoms with Crippen molar-refractivity contribution in [3.63, 3.8) is 0 Å². The molecule has 0 atom stereocenters. The first kappa shape index (κ1) is 22.9. The van der Waals surface area contributed by atoms with Crippen LogP contribution in [0.5, 0.6) is 5.75 Å². The van der Waals surface area contributed by atoms with Crippen molar-refractivity contribution >= 4 is 32.9 Å². The van der Waals surface area contributed by atoms with E-state index in [9.17, 15) is 18.3 Å². The first-order valence-electron chi connectivity index (χ1n) is 10.8. The zero-order chi connectivity index (χ0) is 23.4. The molecular formula is C24H26N4O4S. The van der Waals surface area contributed by atoms with Crippen LogP contribution in [-0.2, 0) is 14.8 Å². The van der Waals surface area contributed by atoms with Gasteiger partial charge in [-0.25, -0.2) is 13.8 Å². The van der Waals surface area contributed by atoms with E-state index in [1.54, 1.807) is 30.3 Å². The van der Waals surface area contributed by atoms with Crippen molar-refractivity contribution in [1.29, 1.82) is 0 Å². The summed E-state index contributed by atoms with van der Waals surface area (Å²) in [7, 11) is -3.53. The number of amides is 1. The zero-order valence-corrected chi connectivity index (χ0v) is 19.1. The Balaban J connectivity index is 1.31. The van der Waals surface area contributed by atoms with Gasteiger partial charge in [0, 0.05) is 0 Å². The highest BCUT2D eigenvalue weighted by Crippen LogP contribution is 2.23. The number of benzene rings is 3.